The molecule has 0 saturated carbocycles. The number of benzene rings is 4. The maximum atomic E-state index is 12.4. The molecule has 1 atom stereocenters. The van der Waals surface area contributed by atoms with Gasteiger partial charge in [-0.3, -0.25) is 9.59 Å². The zero-order valence-electron chi connectivity index (χ0n) is 20.8. The van der Waals surface area contributed by atoms with Crippen LogP contribution in [-0.2, 0) is 11.4 Å². The van der Waals surface area contributed by atoms with Crippen molar-refractivity contribution < 1.29 is 19.1 Å². The van der Waals surface area contributed by atoms with E-state index in [-0.39, 0.29) is 5.91 Å². The second kappa shape index (κ2) is 12.4. The summed E-state index contributed by atoms with van der Waals surface area (Å²) in [7, 11) is 0. The van der Waals surface area contributed by atoms with E-state index in [1.54, 1.807) is 37.3 Å². The van der Waals surface area contributed by atoms with Crippen molar-refractivity contribution in [3.63, 3.8) is 0 Å². The van der Waals surface area contributed by atoms with Gasteiger partial charge in [0.25, 0.3) is 11.8 Å². The van der Waals surface area contributed by atoms with Gasteiger partial charge in [0.2, 0.25) is 0 Å². The van der Waals surface area contributed by atoms with Gasteiger partial charge in [-0.1, -0.05) is 60.7 Å². The SMILES string of the molecule is CCOc1cc(/C=N\NC(=O)[C@H](C)NC(=O)c2ccccc2)ccc1OCc1cccc2ccccc12. The Balaban J connectivity index is 1.37. The van der Waals surface area contributed by atoms with Gasteiger partial charge >= 0.3 is 0 Å². The van der Waals surface area contributed by atoms with Gasteiger partial charge in [-0.2, -0.15) is 5.10 Å². The molecule has 0 unspecified atom stereocenters. The van der Waals surface area contributed by atoms with Crippen LogP contribution in [0.4, 0.5) is 0 Å². The van der Waals surface area contributed by atoms with Gasteiger partial charge in [-0.25, -0.2) is 5.43 Å². The van der Waals surface area contributed by atoms with Crippen molar-refractivity contribution in [3.8, 4) is 11.5 Å². The topological polar surface area (TPSA) is 89.0 Å². The monoisotopic (exact) mass is 495 g/mol. The zero-order chi connectivity index (χ0) is 26.0. The fourth-order valence-electron chi connectivity index (χ4n) is 3.77. The van der Waals surface area contributed by atoms with Crippen LogP contribution in [0.25, 0.3) is 10.8 Å². The van der Waals surface area contributed by atoms with Crippen LogP contribution in [0.2, 0.25) is 0 Å². The molecular formula is C30H29N3O4. The molecule has 2 amide bonds. The molecule has 0 aliphatic carbocycles. The molecule has 0 aliphatic heterocycles. The number of ether oxygens (including phenoxy) is 2. The van der Waals surface area contributed by atoms with Crippen molar-refractivity contribution >= 4 is 28.8 Å². The van der Waals surface area contributed by atoms with Crippen LogP contribution in [0.15, 0.2) is 96.1 Å². The minimum Gasteiger partial charge on any atom is -0.490 e. The standard InChI is InChI=1S/C30H29N3O4/c1-3-36-28-18-22(19-31-33-29(34)21(2)32-30(35)24-11-5-4-6-12-24)16-17-27(28)37-20-25-14-9-13-23-10-7-8-15-26(23)25/h4-19,21H,3,20H2,1-2H3,(H,32,35)(H,33,34)/b31-19-/t21-/m0/s1. The van der Waals surface area contributed by atoms with Gasteiger partial charge in [0.15, 0.2) is 11.5 Å². The molecule has 0 aromatic heterocycles. The van der Waals surface area contributed by atoms with Gasteiger partial charge < -0.3 is 14.8 Å². The van der Waals surface area contributed by atoms with E-state index in [9.17, 15) is 9.59 Å². The van der Waals surface area contributed by atoms with Gasteiger partial charge in [0.05, 0.1) is 12.8 Å². The molecule has 4 aromatic rings. The third-order valence-electron chi connectivity index (χ3n) is 5.70. The van der Waals surface area contributed by atoms with Crippen LogP contribution in [0, 0.1) is 0 Å². The highest BCUT2D eigenvalue weighted by Gasteiger charge is 2.16. The third-order valence-corrected chi connectivity index (χ3v) is 5.70. The molecule has 0 aliphatic rings. The Morgan fingerprint density at radius 3 is 2.46 bits per heavy atom. The lowest BCUT2D eigenvalue weighted by atomic mass is 10.1. The molecule has 7 heteroatoms. The van der Waals surface area contributed by atoms with E-state index >= 15 is 0 Å². The number of rotatable bonds is 10. The Morgan fingerprint density at radius 1 is 0.892 bits per heavy atom. The third kappa shape index (κ3) is 6.73. The maximum absolute atomic E-state index is 12.4. The highest BCUT2D eigenvalue weighted by Crippen LogP contribution is 2.30. The number of fused-ring (bicyclic) bond motifs is 1. The predicted molar refractivity (Wildman–Crippen MR) is 145 cm³/mol. The number of amides is 2. The first-order valence-electron chi connectivity index (χ1n) is 12.1. The average molecular weight is 496 g/mol. The smallest absolute Gasteiger partial charge is 0.262 e. The molecule has 4 aromatic carbocycles. The van der Waals surface area contributed by atoms with Crippen LogP contribution in [0.3, 0.4) is 0 Å². The molecular weight excluding hydrogens is 466 g/mol. The van der Waals surface area contributed by atoms with Crippen molar-refractivity contribution in [2.45, 2.75) is 26.5 Å². The van der Waals surface area contributed by atoms with Gasteiger partial charge in [0.1, 0.15) is 12.6 Å². The fourth-order valence-corrected chi connectivity index (χ4v) is 3.77. The lowest BCUT2D eigenvalue weighted by Crippen LogP contribution is -2.43. The summed E-state index contributed by atoms with van der Waals surface area (Å²) in [5.74, 6) is 0.447. The average Bonchev–Trinajstić information content (AvgIpc) is 2.93. The molecule has 188 valence electrons. The van der Waals surface area contributed by atoms with E-state index in [1.165, 1.54) is 6.21 Å². The van der Waals surface area contributed by atoms with E-state index in [0.717, 1.165) is 21.9 Å². The number of hydrazone groups is 1. The Hall–Kier alpha value is -4.65. The first kappa shape index (κ1) is 25.4. The summed E-state index contributed by atoms with van der Waals surface area (Å²) in [6, 6.07) is 27.8. The molecule has 0 spiro atoms. The molecule has 37 heavy (non-hydrogen) atoms. The number of carbonyl (C=O) groups excluding carboxylic acids is 2. The van der Waals surface area contributed by atoms with Crippen LogP contribution < -0.4 is 20.2 Å². The molecule has 0 radical (unpaired) electrons. The Bertz CT molecular complexity index is 1400. The summed E-state index contributed by atoms with van der Waals surface area (Å²) >= 11 is 0. The molecule has 4 rings (SSSR count). The zero-order valence-corrected chi connectivity index (χ0v) is 20.8. The summed E-state index contributed by atoms with van der Waals surface area (Å²) in [5, 5.41) is 9.00. The summed E-state index contributed by atoms with van der Waals surface area (Å²) in [4.78, 5) is 24.6. The predicted octanol–water partition coefficient (Wildman–Crippen LogP) is 5.09. The van der Waals surface area contributed by atoms with Crippen molar-refractivity contribution in [2.75, 3.05) is 6.61 Å². The van der Waals surface area contributed by atoms with Gasteiger partial charge in [0, 0.05) is 5.56 Å². The van der Waals surface area contributed by atoms with Crippen LogP contribution in [0.1, 0.15) is 35.3 Å². The first-order chi connectivity index (χ1) is 18.0. The summed E-state index contributed by atoms with van der Waals surface area (Å²) in [5.41, 5.74) is 4.75. The molecule has 0 heterocycles. The largest absolute Gasteiger partial charge is 0.490 e. The number of carbonyl (C=O) groups is 2. The Kier molecular flexibility index (Phi) is 8.49. The normalized spacial score (nSPS) is 11.7. The molecule has 0 saturated heterocycles. The Morgan fingerprint density at radius 2 is 1.65 bits per heavy atom. The van der Waals surface area contributed by atoms with Gasteiger partial charge in [-0.15, -0.1) is 0 Å². The van der Waals surface area contributed by atoms with E-state index < -0.39 is 11.9 Å². The highest BCUT2D eigenvalue weighted by atomic mass is 16.5. The van der Waals surface area contributed by atoms with E-state index in [4.69, 9.17) is 9.47 Å². The minimum absolute atomic E-state index is 0.326. The lowest BCUT2D eigenvalue weighted by molar-refractivity contribution is -0.122. The van der Waals surface area contributed by atoms with Gasteiger partial charge in [-0.05, 0) is 66.1 Å². The fraction of sp³-hybridized carbons (Fsp3) is 0.167. The number of nitrogens with zero attached hydrogens (tertiary/aromatic N) is 1. The number of hydrogen-bond acceptors (Lipinski definition) is 5. The van der Waals surface area contributed by atoms with Crippen molar-refractivity contribution in [3.05, 3.63) is 108 Å². The molecule has 2 N–H and O–H groups in total. The lowest BCUT2D eigenvalue weighted by Gasteiger charge is -2.14. The van der Waals surface area contributed by atoms with Crippen LogP contribution in [-0.4, -0.2) is 30.7 Å². The number of nitrogens with one attached hydrogen (secondary N) is 2. The molecule has 7 nitrogen and oxygen atoms in total. The van der Waals surface area contributed by atoms with Crippen LogP contribution >= 0.6 is 0 Å². The first-order valence-corrected chi connectivity index (χ1v) is 12.1. The minimum atomic E-state index is -0.756. The molecule has 0 fully saturated rings. The van der Waals surface area contributed by atoms with E-state index in [2.05, 4.69) is 40.1 Å². The summed E-state index contributed by atoms with van der Waals surface area (Å²) < 4.78 is 11.9. The van der Waals surface area contributed by atoms with Crippen molar-refractivity contribution in [1.29, 1.82) is 0 Å². The Labute approximate surface area is 216 Å². The second-order valence-electron chi connectivity index (χ2n) is 8.36. The van der Waals surface area contributed by atoms with Crippen molar-refractivity contribution in [1.82, 2.24) is 10.7 Å². The highest BCUT2D eigenvalue weighted by molar-refractivity contribution is 5.97. The molecule has 0 bridgehead atoms. The second-order valence-corrected chi connectivity index (χ2v) is 8.36. The maximum Gasteiger partial charge on any atom is 0.262 e. The van der Waals surface area contributed by atoms with Crippen molar-refractivity contribution in [2.24, 2.45) is 5.10 Å². The summed E-state index contributed by atoms with van der Waals surface area (Å²) in [6.45, 7) is 4.37. The summed E-state index contributed by atoms with van der Waals surface area (Å²) in [6.07, 6.45) is 1.51. The van der Waals surface area contributed by atoms with Crippen LogP contribution in [0.5, 0.6) is 11.5 Å². The van der Waals surface area contributed by atoms with E-state index in [1.807, 2.05) is 43.3 Å². The number of hydrogen-bond donors (Lipinski definition) is 2. The quantitative estimate of drug-likeness (QED) is 0.237. The van der Waals surface area contributed by atoms with E-state index in [0.29, 0.717) is 30.3 Å².